The van der Waals surface area contributed by atoms with Crippen molar-refractivity contribution in [1.29, 1.82) is 0 Å². The van der Waals surface area contributed by atoms with E-state index < -0.39 is 47.0 Å². The lowest BCUT2D eigenvalue weighted by molar-refractivity contribution is -0.141. The first-order chi connectivity index (χ1) is 46.4. The number of phenolic OH excluding ortho intramolecular Hbond substituents is 2. The minimum atomic E-state index is -0.877. The van der Waals surface area contributed by atoms with Crippen LogP contribution < -0.4 is 35.9 Å². The number of hydrogen-bond acceptors (Lipinski definition) is 15. The van der Waals surface area contributed by atoms with Crippen LogP contribution in [0.15, 0.2) is 108 Å². The molecule has 2 spiro atoms. The molecule has 1 saturated heterocycles. The number of phenols is 2. The van der Waals surface area contributed by atoms with E-state index in [2.05, 4.69) is 131 Å². The molecule has 6 heterocycles. The summed E-state index contributed by atoms with van der Waals surface area (Å²) in [6.07, 6.45) is 20.1. The highest BCUT2D eigenvalue weighted by Gasteiger charge is 2.55. The second-order valence-electron chi connectivity index (χ2n) is 29.3. The third-order valence-corrected chi connectivity index (χ3v) is 26.8. The van der Waals surface area contributed by atoms with Crippen LogP contribution in [0.3, 0.4) is 0 Å². The van der Waals surface area contributed by atoms with E-state index in [0.717, 1.165) is 133 Å². The van der Waals surface area contributed by atoms with Crippen molar-refractivity contribution in [2.24, 2.45) is 41.2 Å². The van der Waals surface area contributed by atoms with Crippen LogP contribution in [-0.4, -0.2) is 97.2 Å². The van der Waals surface area contributed by atoms with Crippen LogP contribution in [0.5, 0.6) is 28.7 Å². The number of esters is 1. The highest BCUT2D eigenvalue weighted by Crippen LogP contribution is 2.65. The first-order valence-corrected chi connectivity index (χ1v) is 37.4. The smallest absolute Gasteiger partial charge is 0.302 e. The van der Waals surface area contributed by atoms with Gasteiger partial charge in [0.2, 0.25) is 0 Å². The molecule has 11 aliphatic rings. The number of aromatic hydroxyl groups is 2. The SMILES string of the molecule is COC[C@@H]1[C@@H](CO)CNCc2c(O)c3c(c4c2[C@@H]2C#CC5=C(C=CC(N)N5)[C@H](Cc5cccc(c5)C5(CCCC5)[C@@H]1C#C2)[C@@H]1CC[C@@]2(Cc5cc(O)cc(OC)c5-c5ccc6c(c52)O[C@H]4[C@H]6COC(C)=O)C1)C=C[C@@H]1N[C@H]2CCC[C@@H](CSS[C@H](Cc4ccccc4)[C@@H]1O3)C2. The van der Waals surface area contributed by atoms with Gasteiger partial charge in [0, 0.05) is 114 Å². The maximum absolute atomic E-state index is 14.1. The number of rotatable bonds is 8. The van der Waals surface area contributed by atoms with E-state index in [1.54, 1.807) is 20.3 Å². The quantitative estimate of drug-likeness (QED) is 0.0442. The third-order valence-electron chi connectivity index (χ3n) is 23.8. The van der Waals surface area contributed by atoms with Crippen molar-refractivity contribution in [2.75, 3.05) is 46.3 Å². The molecule has 5 aromatic carbocycles. The summed E-state index contributed by atoms with van der Waals surface area (Å²) >= 11 is 0. The van der Waals surface area contributed by atoms with Gasteiger partial charge in [-0.2, -0.15) is 0 Å². The minimum Gasteiger partial charge on any atom is -0.508 e. The molecule has 16 rings (SSSR count). The topological polar surface area (TPSA) is 186 Å². The number of fused-ring (bicyclic) bond motifs is 16. The molecule has 5 aliphatic carbocycles. The first kappa shape index (κ1) is 63.0. The molecule has 13 nitrogen and oxygen atoms in total. The minimum absolute atomic E-state index is 0.00119. The van der Waals surface area contributed by atoms with Gasteiger partial charge in [-0.1, -0.05) is 144 Å². The Bertz CT molecular complexity index is 4060. The molecule has 0 amide bonds. The highest BCUT2D eigenvalue weighted by atomic mass is 33.1. The third kappa shape index (κ3) is 11.3. The summed E-state index contributed by atoms with van der Waals surface area (Å²) in [4.78, 5) is 13.6. The van der Waals surface area contributed by atoms with Crippen molar-refractivity contribution in [3.63, 3.8) is 0 Å². The van der Waals surface area contributed by atoms with E-state index in [0.29, 0.717) is 53.7 Å². The molecule has 15 atom stereocenters. The fraction of sp³-hybridized carbons (Fsp3) is 0.487. The van der Waals surface area contributed by atoms with Crippen LogP contribution in [0.4, 0.5) is 0 Å². The number of carbonyl (C=O) groups excluding carboxylic acids is 1. The van der Waals surface area contributed by atoms with Gasteiger partial charge in [-0.05, 0) is 145 Å². The van der Waals surface area contributed by atoms with E-state index >= 15 is 0 Å². The molecule has 1 unspecified atom stereocenters. The van der Waals surface area contributed by atoms with E-state index in [1.165, 1.54) is 30.0 Å². The number of hydrogen-bond donors (Lipinski definition) is 7. The number of benzene rings is 5. The summed E-state index contributed by atoms with van der Waals surface area (Å²) in [5.74, 6) is 17.0. The lowest BCUT2D eigenvalue weighted by Gasteiger charge is -2.42. The molecule has 8 N–H and O–H groups in total. The number of ether oxygens (including phenoxy) is 5. The Morgan fingerprint density at radius 3 is 2.60 bits per heavy atom. The number of allylic oxidation sites excluding steroid dienone is 3. The van der Waals surface area contributed by atoms with Crippen molar-refractivity contribution in [1.82, 2.24) is 16.0 Å². The molecule has 5 aromatic rings. The van der Waals surface area contributed by atoms with E-state index in [-0.39, 0.29) is 78.2 Å². The Labute approximate surface area is 567 Å². The molecular weight excluding hydrogens is 1230 g/mol. The maximum Gasteiger partial charge on any atom is 0.302 e. The fourth-order valence-corrected chi connectivity index (χ4v) is 22.8. The van der Waals surface area contributed by atoms with Crippen molar-refractivity contribution >= 4 is 33.6 Å². The van der Waals surface area contributed by atoms with Gasteiger partial charge >= 0.3 is 5.97 Å². The zero-order valence-corrected chi connectivity index (χ0v) is 56.4. The van der Waals surface area contributed by atoms with E-state index in [9.17, 15) is 20.1 Å². The average molecular weight is 1310 g/mol. The number of nitrogens with one attached hydrogen (secondary N) is 3. The summed E-state index contributed by atoms with van der Waals surface area (Å²) < 4.78 is 35.0. The average Bonchev–Trinajstić information content (AvgIpc) is 1.61. The van der Waals surface area contributed by atoms with Crippen LogP contribution in [-0.2, 0) is 50.9 Å². The number of nitrogens with two attached hydrogens (primary N) is 1. The molecule has 95 heavy (non-hydrogen) atoms. The molecule has 11 bridgehead atoms. The van der Waals surface area contributed by atoms with Crippen molar-refractivity contribution in [3.8, 4) is 63.6 Å². The number of dihydropyridines is 1. The highest BCUT2D eigenvalue weighted by molar-refractivity contribution is 8.77. The fourth-order valence-electron chi connectivity index (χ4n) is 19.6. The monoisotopic (exact) mass is 1310 g/mol. The Kier molecular flexibility index (Phi) is 17.2. The second kappa shape index (κ2) is 25.9. The Morgan fingerprint density at radius 2 is 1.77 bits per heavy atom. The zero-order valence-electron chi connectivity index (χ0n) is 54.7. The lowest BCUT2D eigenvalue weighted by atomic mass is 9.61. The number of methoxy groups -OCH3 is 2. The van der Waals surface area contributed by atoms with Gasteiger partial charge in [0.25, 0.3) is 0 Å². The van der Waals surface area contributed by atoms with Gasteiger partial charge < -0.3 is 60.7 Å². The summed E-state index contributed by atoms with van der Waals surface area (Å²) in [7, 11) is 7.30. The maximum atomic E-state index is 14.1. The van der Waals surface area contributed by atoms with Crippen molar-refractivity contribution < 1.29 is 43.8 Å². The summed E-state index contributed by atoms with van der Waals surface area (Å²) in [6.45, 7) is 2.30. The Hall–Kier alpha value is -6.79. The number of aliphatic hydroxyl groups is 1. The molecule has 0 aromatic heterocycles. The standard InChI is InChI=1S/C80H88N4O9S2/c1-45(86)91-43-63-57-19-20-58-70-51(35-55(87)36-67(70)90-3)38-79-30-27-50(37-79)60-33-47-13-9-15-53(31-47)80(28-7-8-29-80)64-23-17-49(18-24-65-56(60)22-26-69(81)84-65)71-61(40-82-39-52(41-85)62(64)42-89-2)74(88)77-59(72(71)75(63)92-76(57)73(58)79)21-25-66-78(93-77)68(34-46-11-5-4-6-12-46)95-94-44-48-14-10-16-54(32-48)83-66/h4-6,9,11-13,15,19-22,25-26,31,35-36,48-50,52,54,60,62-64,66,68-69,75,78,82-85,87-88H,7-8,10,14,16,27-30,32-34,37-44,81H2,1-3H3/t48-,49+,50-,52-,54+,60-,62-,63+,64-,66+,68-,69?,75+,78-,79+/m1/s1. The molecule has 15 heteroatoms. The Balaban J connectivity index is 1.03. The van der Waals surface area contributed by atoms with Gasteiger partial charge in [0.1, 0.15) is 42.0 Å². The second-order valence-corrected chi connectivity index (χ2v) is 31.9. The Morgan fingerprint density at radius 1 is 0.895 bits per heavy atom. The lowest BCUT2D eigenvalue weighted by Crippen LogP contribution is -2.52. The van der Waals surface area contributed by atoms with Gasteiger partial charge in [-0.3, -0.25) is 4.79 Å². The molecular formula is C80H88N4O9S2. The molecule has 3 saturated carbocycles. The number of carbonyl (C=O) groups is 1. The normalized spacial score (nSPS) is 31.8. The van der Waals surface area contributed by atoms with Crippen LogP contribution in [0, 0.1) is 59.2 Å². The van der Waals surface area contributed by atoms with Crippen LogP contribution in [0.1, 0.15) is 151 Å². The first-order valence-electron chi connectivity index (χ1n) is 35.0. The summed E-state index contributed by atoms with van der Waals surface area (Å²) in [5, 5.41) is 49.3. The van der Waals surface area contributed by atoms with Gasteiger partial charge in [0.15, 0.2) is 11.5 Å². The van der Waals surface area contributed by atoms with E-state index in [1.807, 2.05) is 27.7 Å². The largest absolute Gasteiger partial charge is 0.508 e. The van der Waals surface area contributed by atoms with Crippen LogP contribution in [0.2, 0.25) is 0 Å². The zero-order chi connectivity index (χ0) is 64.7. The summed E-state index contributed by atoms with van der Waals surface area (Å²) in [5.41, 5.74) is 19.4. The number of aliphatic hydroxyl groups excluding tert-OH is 1. The molecule has 494 valence electrons. The van der Waals surface area contributed by atoms with Gasteiger partial charge in [-0.15, -0.1) is 0 Å². The summed E-state index contributed by atoms with van der Waals surface area (Å²) in [6, 6.07) is 28.2. The molecule has 6 aliphatic heterocycles. The predicted molar refractivity (Wildman–Crippen MR) is 374 cm³/mol. The molecule has 4 fully saturated rings. The predicted octanol–water partition coefficient (Wildman–Crippen LogP) is 12.5. The van der Waals surface area contributed by atoms with Crippen LogP contribution in [0.25, 0.3) is 17.2 Å². The van der Waals surface area contributed by atoms with Gasteiger partial charge in [0.05, 0.1) is 42.8 Å². The van der Waals surface area contributed by atoms with Crippen LogP contribution >= 0.6 is 21.6 Å². The van der Waals surface area contributed by atoms with Gasteiger partial charge in [-0.25, -0.2) is 0 Å². The van der Waals surface area contributed by atoms with Crippen molar-refractivity contribution in [3.05, 3.63) is 164 Å². The van der Waals surface area contributed by atoms with Crippen molar-refractivity contribution in [2.45, 2.75) is 162 Å². The van der Waals surface area contributed by atoms with E-state index in [4.69, 9.17) is 29.4 Å². The molecule has 0 radical (unpaired) electrons.